The Hall–Kier alpha value is -3.74. The maximum absolute atomic E-state index is 13.2. The van der Waals surface area contributed by atoms with E-state index in [0.29, 0.717) is 25.2 Å². The van der Waals surface area contributed by atoms with Crippen LogP contribution in [0.2, 0.25) is 5.02 Å². The van der Waals surface area contributed by atoms with Crippen LogP contribution in [0.25, 0.3) is 11.3 Å². The third-order valence-electron chi connectivity index (χ3n) is 7.81. The number of nitrogens with zero attached hydrogens (tertiary/aromatic N) is 5. The number of likely N-dealkylation sites (tertiary alicyclic amines) is 1. The predicted octanol–water partition coefficient (Wildman–Crippen LogP) is 5.19. The zero-order chi connectivity index (χ0) is 30.6. The highest BCUT2D eigenvalue weighted by Gasteiger charge is 2.50. The first-order valence-electron chi connectivity index (χ1n) is 13.6. The Kier molecular flexibility index (Phi) is 7.45. The van der Waals surface area contributed by atoms with Crippen molar-refractivity contribution >= 4 is 29.4 Å². The summed E-state index contributed by atoms with van der Waals surface area (Å²) in [6.45, 7) is 7.25. The highest BCUT2D eigenvalue weighted by molar-refractivity contribution is 6.31. The van der Waals surface area contributed by atoms with Gasteiger partial charge in [-0.2, -0.15) is 23.4 Å². The Balaban J connectivity index is 1.28. The topological polar surface area (TPSA) is 134 Å². The van der Waals surface area contributed by atoms with Gasteiger partial charge < -0.3 is 21.1 Å². The van der Waals surface area contributed by atoms with Gasteiger partial charge in [-0.3, -0.25) is 9.48 Å². The fourth-order valence-electron chi connectivity index (χ4n) is 5.97. The number of hydrogen-bond acceptors (Lipinski definition) is 6. The molecule has 10 nitrogen and oxygen atoms in total. The van der Waals surface area contributed by atoms with E-state index in [0.717, 1.165) is 31.4 Å². The van der Waals surface area contributed by atoms with Gasteiger partial charge in [-0.05, 0) is 75.1 Å². The van der Waals surface area contributed by atoms with Gasteiger partial charge in [0.15, 0.2) is 0 Å². The zero-order valence-electron chi connectivity index (χ0n) is 23.5. The lowest BCUT2D eigenvalue weighted by Crippen LogP contribution is -2.43. The molecule has 2 amide bonds. The van der Waals surface area contributed by atoms with E-state index in [9.17, 15) is 22.8 Å². The summed E-state index contributed by atoms with van der Waals surface area (Å²) in [6, 6.07) is 3.10. The number of primary amides is 1. The minimum Gasteiger partial charge on any atom is -0.444 e. The molecule has 1 saturated carbocycles. The number of halogens is 4. The molecule has 1 aliphatic carbocycles. The van der Waals surface area contributed by atoms with Crippen LogP contribution in [0.3, 0.4) is 0 Å². The molecule has 0 atom stereocenters. The minimum atomic E-state index is -4.51. The number of benzene rings is 1. The molecule has 1 spiro atoms. The molecule has 226 valence electrons. The molecule has 0 radical (unpaired) electrons. The molecule has 1 aromatic carbocycles. The van der Waals surface area contributed by atoms with Gasteiger partial charge in [0.25, 0.3) is 5.91 Å². The average Bonchev–Trinajstić information content (AvgIpc) is 3.56. The molecular weight excluding hydrogens is 575 g/mol. The molecule has 3 aromatic rings. The number of nitrogens with two attached hydrogens (primary N) is 2. The summed E-state index contributed by atoms with van der Waals surface area (Å²) in [5, 5.41) is 8.98. The van der Waals surface area contributed by atoms with Gasteiger partial charge in [0, 0.05) is 36.4 Å². The van der Waals surface area contributed by atoms with Crippen LogP contribution in [-0.4, -0.2) is 55.2 Å². The lowest BCUT2D eigenvalue weighted by atomic mass is 9.61. The van der Waals surface area contributed by atoms with Crippen LogP contribution in [0.4, 0.5) is 23.8 Å². The van der Waals surface area contributed by atoms with Crippen molar-refractivity contribution in [2.45, 2.75) is 64.9 Å². The van der Waals surface area contributed by atoms with Crippen molar-refractivity contribution in [2.24, 2.45) is 17.1 Å². The van der Waals surface area contributed by atoms with Gasteiger partial charge in [-0.25, -0.2) is 9.48 Å². The standard InChI is InChI=1S/C28H33ClF3N7O3/c1-26(2,3)42-25(41)37-7-6-27(15-37)9-16(10-27)12-39-23(33)21(24(34)40)22(36-39)18-11-35-38(14-18)13-17-8-19(28(30,31)32)4-5-20(17)29/h4-5,8,11,14,16H,6-7,9-10,12-13,15,33H2,1-3H3,(H2,34,40). The van der Waals surface area contributed by atoms with Gasteiger partial charge >= 0.3 is 12.3 Å². The van der Waals surface area contributed by atoms with Crippen molar-refractivity contribution in [3.8, 4) is 11.3 Å². The molecule has 3 heterocycles. The van der Waals surface area contributed by atoms with Crippen molar-refractivity contribution in [1.29, 1.82) is 0 Å². The number of anilines is 1. The highest BCUT2D eigenvalue weighted by Crippen LogP contribution is 2.52. The highest BCUT2D eigenvalue weighted by atomic mass is 35.5. The lowest BCUT2D eigenvalue weighted by molar-refractivity contribution is -0.137. The summed E-state index contributed by atoms with van der Waals surface area (Å²) in [6.07, 6.45) is 0.838. The first-order chi connectivity index (χ1) is 19.5. The molecule has 14 heteroatoms. The molecular formula is C28H33ClF3N7O3. The van der Waals surface area contributed by atoms with E-state index < -0.39 is 23.2 Å². The smallest absolute Gasteiger partial charge is 0.416 e. The maximum Gasteiger partial charge on any atom is 0.416 e. The van der Waals surface area contributed by atoms with Crippen molar-refractivity contribution in [3.05, 3.63) is 52.3 Å². The van der Waals surface area contributed by atoms with Crippen LogP contribution in [-0.2, 0) is 24.0 Å². The van der Waals surface area contributed by atoms with E-state index in [1.807, 2.05) is 20.8 Å². The van der Waals surface area contributed by atoms with E-state index in [2.05, 4.69) is 10.2 Å². The number of nitrogen functional groups attached to an aromatic ring is 1. The third kappa shape index (κ3) is 6.06. The second-order valence-electron chi connectivity index (χ2n) is 12.3. The first-order valence-corrected chi connectivity index (χ1v) is 13.9. The summed E-state index contributed by atoms with van der Waals surface area (Å²) < 4.78 is 48.0. The molecule has 0 bridgehead atoms. The van der Waals surface area contributed by atoms with Gasteiger partial charge in [0.2, 0.25) is 0 Å². The van der Waals surface area contributed by atoms with Gasteiger partial charge in [-0.15, -0.1) is 0 Å². The number of rotatable bonds is 6. The number of hydrogen-bond donors (Lipinski definition) is 2. The average molecular weight is 608 g/mol. The SMILES string of the molecule is CC(C)(C)OC(=O)N1CCC2(CC(Cn3nc(-c4cnn(Cc5cc(C(F)(F)F)ccc5Cl)c4)c(C(N)=O)c3N)C2)C1. The Bertz CT molecular complexity index is 1520. The monoisotopic (exact) mass is 607 g/mol. The van der Waals surface area contributed by atoms with Crippen LogP contribution in [0.5, 0.6) is 0 Å². The van der Waals surface area contributed by atoms with Crippen molar-refractivity contribution in [3.63, 3.8) is 0 Å². The normalized spacial score (nSPS) is 20.6. The van der Waals surface area contributed by atoms with Crippen molar-refractivity contribution < 1.29 is 27.5 Å². The fourth-order valence-corrected chi connectivity index (χ4v) is 6.14. The Labute approximate surface area is 245 Å². The Morgan fingerprint density at radius 3 is 2.57 bits per heavy atom. The first kappa shape index (κ1) is 29.7. The summed E-state index contributed by atoms with van der Waals surface area (Å²) in [4.78, 5) is 26.6. The van der Waals surface area contributed by atoms with Crippen LogP contribution in [0.1, 0.15) is 61.5 Å². The molecule has 5 rings (SSSR count). The van der Waals surface area contributed by atoms with Crippen molar-refractivity contribution in [2.75, 3.05) is 18.8 Å². The number of carbonyl (C=O) groups is 2. The lowest BCUT2D eigenvalue weighted by Gasteiger charge is -2.45. The van der Waals surface area contributed by atoms with E-state index in [4.69, 9.17) is 27.8 Å². The number of amides is 2. The quantitative estimate of drug-likeness (QED) is 0.396. The predicted molar refractivity (Wildman–Crippen MR) is 150 cm³/mol. The number of aromatic nitrogens is 4. The maximum atomic E-state index is 13.2. The number of ether oxygens (including phenoxy) is 1. The van der Waals surface area contributed by atoms with E-state index in [-0.39, 0.29) is 51.6 Å². The van der Waals surface area contributed by atoms with Crippen LogP contribution in [0.15, 0.2) is 30.6 Å². The number of alkyl halides is 3. The van der Waals surface area contributed by atoms with Gasteiger partial charge in [0.05, 0.1) is 18.3 Å². The molecule has 0 unspecified atom stereocenters. The fraction of sp³-hybridized carbons (Fsp3) is 0.500. The Morgan fingerprint density at radius 1 is 1.21 bits per heavy atom. The molecule has 42 heavy (non-hydrogen) atoms. The van der Waals surface area contributed by atoms with E-state index in [1.54, 1.807) is 15.8 Å². The van der Waals surface area contributed by atoms with E-state index >= 15 is 0 Å². The van der Waals surface area contributed by atoms with Crippen LogP contribution >= 0.6 is 11.6 Å². The van der Waals surface area contributed by atoms with Crippen LogP contribution in [0, 0.1) is 11.3 Å². The summed E-state index contributed by atoms with van der Waals surface area (Å²) >= 11 is 6.14. The molecule has 2 aliphatic rings. The summed E-state index contributed by atoms with van der Waals surface area (Å²) in [5.74, 6) is -0.379. The van der Waals surface area contributed by atoms with Gasteiger partial charge in [0.1, 0.15) is 22.7 Å². The van der Waals surface area contributed by atoms with Crippen molar-refractivity contribution in [1.82, 2.24) is 24.5 Å². The second kappa shape index (κ2) is 10.5. The molecule has 4 N–H and O–H groups in total. The Morgan fingerprint density at radius 2 is 1.93 bits per heavy atom. The molecule has 1 aliphatic heterocycles. The molecule has 2 fully saturated rings. The zero-order valence-corrected chi connectivity index (χ0v) is 24.3. The summed E-state index contributed by atoms with van der Waals surface area (Å²) in [5.41, 5.74) is 11.6. The largest absolute Gasteiger partial charge is 0.444 e. The third-order valence-corrected chi connectivity index (χ3v) is 8.18. The molecule has 1 saturated heterocycles. The second-order valence-corrected chi connectivity index (χ2v) is 12.7. The minimum absolute atomic E-state index is 0.0324. The number of carbonyl (C=O) groups excluding carboxylic acids is 2. The van der Waals surface area contributed by atoms with Crippen LogP contribution < -0.4 is 11.5 Å². The van der Waals surface area contributed by atoms with E-state index in [1.165, 1.54) is 16.9 Å². The summed E-state index contributed by atoms with van der Waals surface area (Å²) in [7, 11) is 0. The molecule has 2 aromatic heterocycles. The van der Waals surface area contributed by atoms with Gasteiger partial charge in [-0.1, -0.05) is 11.6 Å².